The van der Waals surface area contributed by atoms with Crippen LogP contribution in [0.5, 0.6) is 0 Å². The molecule has 32 heavy (non-hydrogen) atoms. The Bertz CT molecular complexity index is 1030. The van der Waals surface area contributed by atoms with Gasteiger partial charge in [-0.3, -0.25) is 9.59 Å². The number of H-pyrrole nitrogens is 1. The quantitative estimate of drug-likeness (QED) is 0.521. The minimum absolute atomic E-state index is 0.200. The summed E-state index contributed by atoms with van der Waals surface area (Å²) < 4.78 is 5.36. The highest BCUT2D eigenvalue weighted by molar-refractivity contribution is 6.31. The van der Waals surface area contributed by atoms with Gasteiger partial charge in [0, 0.05) is 22.0 Å². The lowest BCUT2D eigenvalue weighted by Crippen LogP contribution is -2.58. The third-order valence-electron chi connectivity index (χ3n) is 6.01. The lowest BCUT2D eigenvalue weighted by atomic mass is 9.68. The number of aliphatic carboxylic acids is 1. The van der Waals surface area contributed by atoms with E-state index in [0.717, 1.165) is 10.9 Å². The van der Waals surface area contributed by atoms with E-state index in [0.29, 0.717) is 30.0 Å². The number of fused-ring (bicyclic) bond motifs is 1. The molecule has 1 fully saturated rings. The van der Waals surface area contributed by atoms with E-state index in [2.05, 4.69) is 15.6 Å². The van der Waals surface area contributed by atoms with Crippen LogP contribution in [0.25, 0.3) is 10.9 Å². The molecule has 3 rings (SSSR count). The Hall–Kier alpha value is -2.74. The van der Waals surface area contributed by atoms with E-state index in [9.17, 15) is 19.5 Å². The molecule has 4 N–H and O–H groups in total. The minimum atomic E-state index is -0.960. The number of carbonyl (C=O) groups is 3. The second kappa shape index (κ2) is 9.02. The van der Waals surface area contributed by atoms with Crippen molar-refractivity contribution in [3.05, 3.63) is 35.0 Å². The summed E-state index contributed by atoms with van der Waals surface area (Å²) in [6.07, 6.45) is 0.805. The van der Waals surface area contributed by atoms with Crippen molar-refractivity contribution in [2.24, 2.45) is 5.41 Å². The molecular formula is C23H30ClN3O5. The average molecular weight is 464 g/mol. The predicted molar refractivity (Wildman–Crippen MR) is 122 cm³/mol. The van der Waals surface area contributed by atoms with E-state index >= 15 is 0 Å². The molecule has 0 unspecified atom stereocenters. The van der Waals surface area contributed by atoms with Gasteiger partial charge in [0.1, 0.15) is 11.3 Å². The van der Waals surface area contributed by atoms with Gasteiger partial charge in [-0.1, -0.05) is 18.5 Å². The summed E-state index contributed by atoms with van der Waals surface area (Å²) in [4.78, 5) is 40.5. The number of carbonyl (C=O) groups excluding carboxylic acids is 2. The molecule has 2 amide bonds. The van der Waals surface area contributed by atoms with Gasteiger partial charge in [0.05, 0.1) is 11.5 Å². The van der Waals surface area contributed by atoms with Gasteiger partial charge in [0.15, 0.2) is 0 Å². The van der Waals surface area contributed by atoms with Gasteiger partial charge >= 0.3 is 12.1 Å². The molecule has 1 aliphatic rings. The number of aromatic nitrogens is 1. The highest BCUT2D eigenvalue weighted by atomic mass is 35.5. The Balaban J connectivity index is 1.80. The Morgan fingerprint density at radius 3 is 2.56 bits per heavy atom. The number of carboxylic acid groups (broad SMARTS) is 1. The highest BCUT2D eigenvalue weighted by Crippen LogP contribution is 2.40. The molecular weight excluding hydrogens is 434 g/mol. The standard InChI is InChI=1S/C23H30ClN3O5/c1-5-23(20(29)30)9-8-16(18(12-23)27-21(31)32-22(2,3)4)26-19(28)17-11-13-10-14(24)6-7-15(13)25-17/h6-7,10-11,16,18,25H,5,8-9,12H2,1-4H3,(H,26,28)(H,27,31)(H,29,30)/t16-,18+,23-/m1/s1. The Kier molecular flexibility index (Phi) is 6.74. The van der Waals surface area contributed by atoms with E-state index in [1.54, 1.807) is 45.0 Å². The first-order valence-corrected chi connectivity index (χ1v) is 11.1. The SMILES string of the molecule is CC[C@@]1(C(=O)O)CC[C@@H](NC(=O)c2cc3cc(Cl)ccc3[nH]2)[C@@H](NC(=O)OC(C)(C)C)C1. The fraction of sp³-hybridized carbons (Fsp3) is 0.522. The summed E-state index contributed by atoms with van der Waals surface area (Å²) in [6.45, 7) is 7.08. The number of amides is 2. The first kappa shape index (κ1) is 23.9. The molecule has 1 saturated carbocycles. The van der Waals surface area contributed by atoms with Crippen LogP contribution >= 0.6 is 11.6 Å². The van der Waals surface area contributed by atoms with E-state index in [1.165, 1.54) is 0 Å². The molecule has 1 heterocycles. The van der Waals surface area contributed by atoms with Gasteiger partial charge in [-0.05, 0) is 70.7 Å². The maximum absolute atomic E-state index is 13.0. The molecule has 8 nitrogen and oxygen atoms in total. The van der Waals surface area contributed by atoms with Crippen molar-refractivity contribution in [3.63, 3.8) is 0 Å². The van der Waals surface area contributed by atoms with Crippen molar-refractivity contribution >= 4 is 40.5 Å². The lowest BCUT2D eigenvalue weighted by Gasteiger charge is -2.42. The van der Waals surface area contributed by atoms with E-state index in [-0.39, 0.29) is 12.3 Å². The predicted octanol–water partition coefficient (Wildman–Crippen LogP) is 4.48. The molecule has 9 heteroatoms. The molecule has 1 aliphatic carbocycles. The topological polar surface area (TPSA) is 121 Å². The van der Waals surface area contributed by atoms with Crippen LogP contribution in [0.3, 0.4) is 0 Å². The van der Waals surface area contributed by atoms with Crippen LogP contribution in [0.15, 0.2) is 24.3 Å². The van der Waals surface area contributed by atoms with Gasteiger partial charge in [-0.15, -0.1) is 0 Å². The summed E-state index contributed by atoms with van der Waals surface area (Å²) in [5, 5.41) is 17.0. The van der Waals surface area contributed by atoms with Gasteiger partial charge in [-0.25, -0.2) is 4.79 Å². The molecule has 0 bridgehead atoms. The number of nitrogens with one attached hydrogen (secondary N) is 3. The molecule has 0 radical (unpaired) electrons. The number of rotatable bonds is 5. The molecule has 0 saturated heterocycles. The lowest BCUT2D eigenvalue weighted by molar-refractivity contribution is -0.152. The van der Waals surface area contributed by atoms with Gasteiger partial charge in [-0.2, -0.15) is 0 Å². The van der Waals surface area contributed by atoms with Gasteiger partial charge < -0.3 is 25.5 Å². The van der Waals surface area contributed by atoms with Crippen molar-refractivity contribution in [3.8, 4) is 0 Å². The fourth-order valence-corrected chi connectivity index (χ4v) is 4.40. The number of alkyl carbamates (subject to hydrolysis) is 1. The molecule has 1 aromatic heterocycles. The zero-order chi connectivity index (χ0) is 23.7. The van der Waals surface area contributed by atoms with Crippen LogP contribution in [-0.2, 0) is 9.53 Å². The average Bonchev–Trinajstić information content (AvgIpc) is 3.11. The van der Waals surface area contributed by atoms with Crippen molar-refractivity contribution in [2.75, 3.05) is 0 Å². The maximum atomic E-state index is 13.0. The maximum Gasteiger partial charge on any atom is 0.407 e. The molecule has 1 aromatic carbocycles. The molecule has 0 spiro atoms. The molecule has 3 atom stereocenters. The van der Waals surface area contributed by atoms with Crippen molar-refractivity contribution in [2.45, 2.75) is 71.1 Å². The zero-order valence-corrected chi connectivity index (χ0v) is 19.5. The third kappa shape index (κ3) is 5.35. The number of hydrogen-bond acceptors (Lipinski definition) is 4. The van der Waals surface area contributed by atoms with Crippen LogP contribution in [0.4, 0.5) is 4.79 Å². The summed E-state index contributed by atoms with van der Waals surface area (Å²) in [7, 11) is 0. The van der Waals surface area contributed by atoms with Crippen LogP contribution in [-0.4, -0.2) is 45.7 Å². The van der Waals surface area contributed by atoms with E-state index < -0.39 is 35.2 Å². The second-order valence-corrected chi connectivity index (χ2v) is 9.87. The number of benzene rings is 1. The van der Waals surface area contributed by atoms with Crippen LogP contribution in [0.2, 0.25) is 5.02 Å². The molecule has 0 aliphatic heterocycles. The van der Waals surface area contributed by atoms with E-state index in [1.807, 2.05) is 6.92 Å². The first-order chi connectivity index (χ1) is 14.9. The second-order valence-electron chi connectivity index (χ2n) is 9.43. The molecule has 174 valence electrons. The highest BCUT2D eigenvalue weighted by Gasteiger charge is 2.46. The van der Waals surface area contributed by atoms with Crippen LogP contribution < -0.4 is 10.6 Å². The third-order valence-corrected chi connectivity index (χ3v) is 6.24. The summed E-state index contributed by atoms with van der Waals surface area (Å²) in [5.41, 5.74) is -0.511. The Labute approximate surface area is 192 Å². The number of halogens is 1. The summed E-state index contributed by atoms with van der Waals surface area (Å²) in [6, 6.07) is 5.98. The fourth-order valence-electron chi connectivity index (χ4n) is 4.22. The normalized spacial score (nSPS) is 23.5. The minimum Gasteiger partial charge on any atom is -0.481 e. The summed E-state index contributed by atoms with van der Waals surface area (Å²) in [5.74, 6) is -1.23. The van der Waals surface area contributed by atoms with Crippen molar-refractivity contribution in [1.29, 1.82) is 0 Å². The van der Waals surface area contributed by atoms with E-state index in [4.69, 9.17) is 16.3 Å². The zero-order valence-electron chi connectivity index (χ0n) is 18.8. The number of carboxylic acids is 1. The largest absolute Gasteiger partial charge is 0.481 e. The number of aromatic amines is 1. The monoisotopic (exact) mass is 463 g/mol. The Morgan fingerprint density at radius 2 is 1.94 bits per heavy atom. The van der Waals surface area contributed by atoms with Crippen LogP contribution in [0, 0.1) is 5.41 Å². The summed E-state index contributed by atoms with van der Waals surface area (Å²) >= 11 is 6.03. The Morgan fingerprint density at radius 1 is 1.22 bits per heavy atom. The smallest absolute Gasteiger partial charge is 0.407 e. The van der Waals surface area contributed by atoms with Gasteiger partial charge in [0.2, 0.25) is 0 Å². The molecule has 2 aromatic rings. The van der Waals surface area contributed by atoms with Crippen LogP contribution in [0.1, 0.15) is 63.9 Å². The number of hydrogen-bond donors (Lipinski definition) is 4. The van der Waals surface area contributed by atoms with Gasteiger partial charge in [0.25, 0.3) is 5.91 Å². The number of ether oxygens (including phenoxy) is 1. The first-order valence-electron chi connectivity index (χ1n) is 10.7. The van der Waals surface area contributed by atoms with Crippen molar-refractivity contribution < 1.29 is 24.2 Å². The van der Waals surface area contributed by atoms with Crippen molar-refractivity contribution in [1.82, 2.24) is 15.6 Å².